The van der Waals surface area contributed by atoms with E-state index >= 15 is 0 Å². The summed E-state index contributed by atoms with van der Waals surface area (Å²) in [4.78, 5) is 17.8. The zero-order valence-corrected chi connectivity index (χ0v) is 21.6. The van der Waals surface area contributed by atoms with Crippen LogP contribution in [0.2, 0.25) is 0 Å². The first-order valence-electron chi connectivity index (χ1n) is 12.1. The fourth-order valence-corrected chi connectivity index (χ4v) is 4.68. The number of benzene rings is 3. The van der Waals surface area contributed by atoms with Crippen LogP contribution in [0, 0.1) is 25.5 Å². The quantitative estimate of drug-likeness (QED) is 0.185. The second-order valence-corrected chi connectivity index (χ2v) is 10.9. The average Bonchev–Trinajstić information content (AvgIpc) is 2.80. The van der Waals surface area contributed by atoms with Crippen LogP contribution in [0.15, 0.2) is 60.7 Å². The molecule has 1 unspecified atom stereocenters. The molecule has 3 aromatic rings. The Labute approximate surface area is 211 Å². The number of hydrogen-bond donors (Lipinski definition) is 3. The summed E-state index contributed by atoms with van der Waals surface area (Å²) in [5.41, 5.74) is 5.00. The molecule has 3 rings (SSSR count). The zero-order chi connectivity index (χ0) is 26.1. The van der Waals surface area contributed by atoms with Crippen LogP contribution in [-0.4, -0.2) is 29.1 Å². The molecule has 0 aliphatic heterocycles. The minimum Gasteiger partial charge on any atom is -0.494 e. The Morgan fingerprint density at radius 3 is 2.22 bits per heavy atom. The Balaban J connectivity index is 1.53. The molecule has 8 heteroatoms. The number of halogens is 2. The summed E-state index contributed by atoms with van der Waals surface area (Å²) >= 11 is 0. The van der Waals surface area contributed by atoms with Crippen molar-refractivity contribution >= 4 is 7.60 Å². The lowest BCUT2D eigenvalue weighted by atomic mass is 9.86. The molecule has 5 nitrogen and oxygen atoms in total. The molecule has 0 aliphatic rings. The molecule has 0 spiro atoms. The lowest BCUT2D eigenvalue weighted by molar-refractivity contribution is 0.304. The van der Waals surface area contributed by atoms with Crippen LogP contribution < -0.4 is 10.1 Å². The number of rotatable bonds is 13. The molecule has 3 aromatic carbocycles. The molecule has 0 fully saturated rings. The van der Waals surface area contributed by atoms with Crippen molar-refractivity contribution in [2.24, 2.45) is 0 Å². The predicted molar refractivity (Wildman–Crippen MR) is 139 cm³/mol. The molecule has 194 valence electrons. The molecule has 1 atom stereocenters. The van der Waals surface area contributed by atoms with Gasteiger partial charge in [-0.05, 0) is 91.7 Å². The third-order valence-corrected chi connectivity index (χ3v) is 7.08. The van der Waals surface area contributed by atoms with E-state index in [-0.39, 0.29) is 12.1 Å². The fraction of sp³-hybridized carbons (Fsp3) is 0.357. The van der Waals surface area contributed by atoms with Gasteiger partial charge in [0.1, 0.15) is 17.4 Å². The Hall–Kier alpha value is -2.57. The zero-order valence-electron chi connectivity index (χ0n) is 20.7. The van der Waals surface area contributed by atoms with Crippen molar-refractivity contribution < 1.29 is 27.9 Å². The van der Waals surface area contributed by atoms with E-state index in [0.29, 0.717) is 44.5 Å². The molecule has 0 aliphatic carbocycles. The molecular weight excluding hydrogens is 483 g/mol. The number of nitrogens with one attached hydrogen (secondary N) is 1. The van der Waals surface area contributed by atoms with Gasteiger partial charge in [-0.25, -0.2) is 8.78 Å². The highest BCUT2D eigenvalue weighted by atomic mass is 31.2. The number of aryl methyl sites for hydroxylation is 2. The van der Waals surface area contributed by atoms with Crippen LogP contribution >= 0.6 is 7.60 Å². The van der Waals surface area contributed by atoms with Crippen molar-refractivity contribution in [3.05, 3.63) is 100 Å². The normalized spacial score (nSPS) is 12.5. The summed E-state index contributed by atoms with van der Waals surface area (Å²) in [6.07, 6.45) is 1.68. The van der Waals surface area contributed by atoms with Crippen LogP contribution in [0.4, 0.5) is 8.78 Å². The highest BCUT2D eigenvalue weighted by Crippen LogP contribution is 2.34. The first-order valence-corrected chi connectivity index (χ1v) is 13.9. The largest absolute Gasteiger partial charge is 0.494 e. The van der Waals surface area contributed by atoms with Crippen molar-refractivity contribution in [3.63, 3.8) is 0 Å². The van der Waals surface area contributed by atoms with Gasteiger partial charge in [0.25, 0.3) is 0 Å². The third kappa shape index (κ3) is 9.14. The topological polar surface area (TPSA) is 78.8 Å². The molecule has 0 heterocycles. The van der Waals surface area contributed by atoms with E-state index in [1.54, 1.807) is 0 Å². The van der Waals surface area contributed by atoms with E-state index in [2.05, 4.69) is 11.4 Å². The standard InChI is InChI=1S/C28H34F2NO4P/c1-20-6-9-23(15-21(20)2)28(24-16-25(29)18-26(30)17-24)5-3-13-35-27-10-7-22(8-11-27)19-31-12-4-14-36(32,33)34/h6-11,15-18,28,31H,3-5,12-14,19H2,1-2H3,(H2,32,33,34). The summed E-state index contributed by atoms with van der Waals surface area (Å²) in [5.74, 6) is -0.560. The smallest absolute Gasteiger partial charge is 0.325 e. The lowest BCUT2D eigenvalue weighted by Crippen LogP contribution is -2.15. The van der Waals surface area contributed by atoms with E-state index in [0.717, 1.165) is 28.5 Å². The van der Waals surface area contributed by atoms with E-state index in [1.165, 1.54) is 17.7 Å². The molecule has 0 amide bonds. The van der Waals surface area contributed by atoms with Crippen LogP contribution in [0.3, 0.4) is 0 Å². The van der Waals surface area contributed by atoms with E-state index in [1.807, 2.05) is 50.2 Å². The molecule has 0 saturated heterocycles. The maximum atomic E-state index is 14.0. The number of ether oxygens (including phenoxy) is 1. The molecular formula is C28H34F2NO4P. The first-order chi connectivity index (χ1) is 17.1. The highest BCUT2D eigenvalue weighted by Gasteiger charge is 2.17. The van der Waals surface area contributed by atoms with Crippen molar-refractivity contribution in [3.8, 4) is 5.75 Å². The fourth-order valence-electron chi connectivity index (χ4n) is 4.11. The summed E-state index contributed by atoms with van der Waals surface area (Å²) in [6.45, 7) is 5.67. The van der Waals surface area contributed by atoms with Gasteiger partial charge in [-0.1, -0.05) is 30.3 Å². The van der Waals surface area contributed by atoms with Crippen molar-refractivity contribution in [2.75, 3.05) is 19.3 Å². The van der Waals surface area contributed by atoms with Crippen LogP contribution in [0.1, 0.15) is 53.0 Å². The Bertz CT molecular complexity index is 1160. The third-order valence-electron chi connectivity index (χ3n) is 6.18. The van der Waals surface area contributed by atoms with Gasteiger partial charge in [0.05, 0.1) is 12.8 Å². The lowest BCUT2D eigenvalue weighted by Gasteiger charge is -2.20. The van der Waals surface area contributed by atoms with Crippen molar-refractivity contribution in [2.45, 2.75) is 45.6 Å². The maximum Gasteiger partial charge on any atom is 0.325 e. The Morgan fingerprint density at radius 2 is 1.58 bits per heavy atom. The van der Waals surface area contributed by atoms with Gasteiger partial charge in [-0.15, -0.1) is 0 Å². The van der Waals surface area contributed by atoms with Gasteiger partial charge in [-0.2, -0.15) is 0 Å². The molecule has 0 aromatic heterocycles. The Morgan fingerprint density at radius 1 is 0.889 bits per heavy atom. The molecule has 36 heavy (non-hydrogen) atoms. The van der Waals surface area contributed by atoms with E-state index in [4.69, 9.17) is 14.5 Å². The SMILES string of the molecule is Cc1ccc(C(CCCOc2ccc(CNCCCP(=O)(O)O)cc2)c2cc(F)cc(F)c2)cc1C. The second-order valence-electron chi connectivity index (χ2n) is 9.15. The first kappa shape index (κ1) is 28.0. The van der Waals surface area contributed by atoms with Crippen molar-refractivity contribution in [1.82, 2.24) is 5.32 Å². The second kappa shape index (κ2) is 13.1. The van der Waals surface area contributed by atoms with E-state index in [9.17, 15) is 13.3 Å². The van der Waals surface area contributed by atoms with Gasteiger partial charge in [-0.3, -0.25) is 4.57 Å². The number of hydrogen-bond acceptors (Lipinski definition) is 3. The summed E-state index contributed by atoms with van der Waals surface area (Å²) in [7, 11) is -3.94. The van der Waals surface area contributed by atoms with Gasteiger partial charge in [0.2, 0.25) is 0 Å². The van der Waals surface area contributed by atoms with Crippen LogP contribution in [0.25, 0.3) is 0 Å². The van der Waals surface area contributed by atoms with E-state index < -0.39 is 19.2 Å². The van der Waals surface area contributed by atoms with Crippen LogP contribution in [0.5, 0.6) is 5.75 Å². The monoisotopic (exact) mass is 517 g/mol. The van der Waals surface area contributed by atoms with Crippen LogP contribution in [-0.2, 0) is 11.1 Å². The maximum absolute atomic E-state index is 14.0. The van der Waals surface area contributed by atoms with Gasteiger partial charge in [0, 0.05) is 18.5 Å². The molecule has 3 N–H and O–H groups in total. The summed E-state index contributed by atoms with van der Waals surface area (Å²) in [6, 6.07) is 17.5. The molecule has 0 saturated carbocycles. The predicted octanol–water partition coefficient (Wildman–Crippen LogP) is 6.23. The van der Waals surface area contributed by atoms with Gasteiger partial charge in [0.15, 0.2) is 0 Å². The van der Waals surface area contributed by atoms with Gasteiger partial charge < -0.3 is 19.8 Å². The van der Waals surface area contributed by atoms with Crippen molar-refractivity contribution in [1.29, 1.82) is 0 Å². The summed E-state index contributed by atoms with van der Waals surface area (Å²) < 4.78 is 44.7. The molecule has 0 bridgehead atoms. The summed E-state index contributed by atoms with van der Waals surface area (Å²) in [5, 5.41) is 3.17. The minimum atomic E-state index is -3.94. The highest BCUT2D eigenvalue weighted by molar-refractivity contribution is 7.51. The minimum absolute atomic E-state index is 0.120. The Kier molecular flexibility index (Phi) is 10.2. The van der Waals surface area contributed by atoms with Gasteiger partial charge >= 0.3 is 7.60 Å². The average molecular weight is 518 g/mol. The molecule has 0 radical (unpaired) electrons.